The number of allylic oxidation sites excluding steroid dienone is 2. The molecule has 3 nitrogen and oxygen atoms in total. The van der Waals surface area contributed by atoms with Crippen molar-refractivity contribution in [1.82, 2.24) is 0 Å². The van der Waals surface area contributed by atoms with Crippen LogP contribution in [0.3, 0.4) is 0 Å². The van der Waals surface area contributed by atoms with E-state index in [1.54, 1.807) is 0 Å². The van der Waals surface area contributed by atoms with Crippen LogP contribution in [0.25, 0.3) is 0 Å². The lowest BCUT2D eigenvalue weighted by atomic mass is 9.74. The smallest absolute Gasteiger partial charge is 0.308 e. The monoisotopic (exact) mass is 208 g/mol. The molecule has 0 bridgehead atoms. The molecule has 0 aromatic heterocycles. The van der Waals surface area contributed by atoms with E-state index >= 15 is 0 Å². The van der Waals surface area contributed by atoms with Crippen LogP contribution >= 0.6 is 0 Å². The third-order valence-electron chi connectivity index (χ3n) is 3.87. The molecule has 15 heavy (non-hydrogen) atoms. The van der Waals surface area contributed by atoms with Crippen LogP contribution in [0.2, 0.25) is 0 Å². The molecule has 2 aliphatic heterocycles. The summed E-state index contributed by atoms with van der Waals surface area (Å²) in [4.78, 5) is 11.3. The zero-order chi connectivity index (χ0) is 10.3. The van der Waals surface area contributed by atoms with E-state index in [9.17, 15) is 4.79 Å². The van der Waals surface area contributed by atoms with Crippen molar-refractivity contribution in [2.45, 2.75) is 37.9 Å². The third-order valence-corrected chi connectivity index (χ3v) is 3.87. The molecule has 3 rings (SSSR count). The molecule has 2 saturated heterocycles. The minimum atomic E-state index is -0.565. The van der Waals surface area contributed by atoms with Crippen molar-refractivity contribution < 1.29 is 14.3 Å². The van der Waals surface area contributed by atoms with E-state index in [0.717, 1.165) is 32.3 Å². The van der Waals surface area contributed by atoms with Gasteiger partial charge in [-0.25, -0.2) is 0 Å². The topological polar surface area (TPSA) is 35.5 Å². The summed E-state index contributed by atoms with van der Waals surface area (Å²) in [6.07, 6.45) is 9.05. The zero-order valence-corrected chi connectivity index (χ0v) is 8.78. The molecule has 3 atom stereocenters. The average molecular weight is 208 g/mol. The van der Waals surface area contributed by atoms with Crippen LogP contribution in [-0.2, 0) is 14.3 Å². The van der Waals surface area contributed by atoms with Gasteiger partial charge in [0.15, 0.2) is 0 Å². The van der Waals surface area contributed by atoms with Gasteiger partial charge in [0.1, 0.15) is 0 Å². The SMILES string of the molecule is O=C1CC[C@@]2(OCC[C@@H]3C=CCC[C@@H]32)O1. The summed E-state index contributed by atoms with van der Waals surface area (Å²) in [5.74, 6) is 0.288. The van der Waals surface area contributed by atoms with E-state index in [1.165, 1.54) is 0 Å². The minimum absolute atomic E-state index is 0.0924. The van der Waals surface area contributed by atoms with Gasteiger partial charge in [0, 0.05) is 12.3 Å². The Hall–Kier alpha value is -0.830. The Morgan fingerprint density at radius 2 is 2.33 bits per heavy atom. The molecule has 1 spiro atoms. The minimum Gasteiger partial charge on any atom is -0.433 e. The summed E-state index contributed by atoms with van der Waals surface area (Å²) in [7, 11) is 0. The van der Waals surface area contributed by atoms with Crippen molar-refractivity contribution >= 4 is 5.97 Å². The van der Waals surface area contributed by atoms with Gasteiger partial charge in [-0.15, -0.1) is 0 Å². The van der Waals surface area contributed by atoms with E-state index in [4.69, 9.17) is 9.47 Å². The fraction of sp³-hybridized carbons (Fsp3) is 0.750. The van der Waals surface area contributed by atoms with Crippen molar-refractivity contribution in [2.24, 2.45) is 11.8 Å². The lowest BCUT2D eigenvalue weighted by molar-refractivity contribution is -0.264. The second kappa shape index (κ2) is 3.34. The summed E-state index contributed by atoms with van der Waals surface area (Å²) >= 11 is 0. The maximum Gasteiger partial charge on any atom is 0.308 e. The van der Waals surface area contributed by atoms with Crippen LogP contribution in [0.15, 0.2) is 12.2 Å². The molecule has 0 N–H and O–H groups in total. The summed E-state index contributed by atoms with van der Waals surface area (Å²) < 4.78 is 11.3. The van der Waals surface area contributed by atoms with Crippen molar-refractivity contribution in [3.63, 3.8) is 0 Å². The molecule has 3 heteroatoms. The van der Waals surface area contributed by atoms with E-state index in [-0.39, 0.29) is 5.97 Å². The van der Waals surface area contributed by atoms with Crippen LogP contribution < -0.4 is 0 Å². The number of fused-ring (bicyclic) bond motifs is 2. The van der Waals surface area contributed by atoms with E-state index in [1.807, 2.05) is 0 Å². The average Bonchev–Trinajstić information content (AvgIpc) is 2.62. The second-order valence-electron chi connectivity index (χ2n) is 4.70. The Balaban J connectivity index is 1.88. The van der Waals surface area contributed by atoms with Crippen molar-refractivity contribution in [2.75, 3.05) is 6.61 Å². The third kappa shape index (κ3) is 1.41. The van der Waals surface area contributed by atoms with Gasteiger partial charge in [-0.3, -0.25) is 4.79 Å². The Morgan fingerprint density at radius 3 is 3.13 bits per heavy atom. The highest BCUT2D eigenvalue weighted by Gasteiger charge is 2.52. The van der Waals surface area contributed by atoms with Crippen LogP contribution in [0, 0.1) is 11.8 Å². The van der Waals surface area contributed by atoms with Crippen LogP contribution in [0.4, 0.5) is 0 Å². The van der Waals surface area contributed by atoms with Crippen molar-refractivity contribution in [3.8, 4) is 0 Å². The van der Waals surface area contributed by atoms with Gasteiger partial charge in [-0.05, 0) is 25.2 Å². The first-order chi connectivity index (χ1) is 7.30. The molecule has 3 aliphatic rings. The maximum absolute atomic E-state index is 11.3. The number of carbonyl (C=O) groups excluding carboxylic acids is 1. The predicted molar refractivity (Wildman–Crippen MR) is 54.0 cm³/mol. The summed E-state index contributed by atoms with van der Waals surface area (Å²) in [6.45, 7) is 0.721. The number of hydrogen-bond acceptors (Lipinski definition) is 3. The van der Waals surface area contributed by atoms with Gasteiger partial charge in [-0.1, -0.05) is 12.2 Å². The van der Waals surface area contributed by atoms with E-state index < -0.39 is 5.79 Å². The summed E-state index contributed by atoms with van der Waals surface area (Å²) in [5.41, 5.74) is 0. The van der Waals surface area contributed by atoms with Crippen molar-refractivity contribution in [1.29, 1.82) is 0 Å². The van der Waals surface area contributed by atoms with E-state index in [0.29, 0.717) is 18.3 Å². The van der Waals surface area contributed by atoms with Gasteiger partial charge in [0.05, 0.1) is 13.0 Å². The van der Waals surface area contributed by atoms with Crippen molar-refractivity contribution in [3.05, 3.63) is 12.2 Å². The molecule has 0 unspecified atom stereocenters. The highest BCUT2D eigenvalue weighted by atomic mass is 16.7. The number of ether oxygens (including phenoxy) is 2. The fourth-order valence-corrected chi connectivity index (χ4v) is 3.15. The van der Waals surface area contributed by atoms with Gasteiger partial charge in [-0.2, -0.15) is 0 Å². The number of hydrogen-bond donors (Lipinski definition) is 0. The lowest BCUT2D eigenvalue weighted by Crippen LogP contribution is -2.48. The van der Waals surface area contributed by atoms with Gasteiger partial charge < -0.3 is 9.47 Å². The normalized spacial score (nSPS) is 44.1. The molecule has 2 heterocycles. The Kier molecular flexibility index (Phi) is 2.09. The molecule has 0 aromatic rings. The van der Waals surface area contributed by atoms with Gasteiger partial charge >= 0.3 is 5.97 Å². The molecule has 1 aliphatic carbocycles. The Labute approximate surface area is 89.4 Å². The first-order valence-electron chi connectivity index (χ1n) is 5.83. The molecule has 0 saturated carbocycles. The quantitative estimate of drug-likeness (QED) is 0.451. The Bertz CT molecular complexity index is 310. The van der Waals surface area contributed by atoms with Crippen LogP contribution in [0.5, 0.6) is 0 Å². The maximum atomic E-state index is 11.3. The number of rotatable bonds is 0. The highest BCUT2D eigenvalue weighted by molar-refractivity contribution is 5.72. The van der Waals surface area contributed by atoms with Crippen LogP contribution in [-0.4, -0.2) is 18.4 Å². The number of esters is 1. The molecular weight excluding hydrogens is 192 g/mol. The van der Waals surface area contributed by atoms with Crippen LogP contribution in [0.1, 0.15) is 32.1 Å². The van der Waals surface area contributed by atoms with Gasteiger partial charge in [0.2, 0.25) is 5.79 Å². The van der Waals surface area contributed by atoms with E-state index in [2.05, 4.69) is 12.2 Å². The second-order valence-corrected chi connectivity index (χ2v) is 4.70. The molecule has 82 valence electrons. The van der Waals surface area contributed by atoms with Gasteiger partial charge in [0.25, 0.3) is 0 Å². The lowest BCUT2D eigenvalue weighted by Gasteiger charge is -2.44. The summed E-state index contributed by atoms with van der Waals surface area (Å²) in [5, 5.41) is 0. The predicted octanol–water partition coefficient (Wildman–Crippen LogP) is 2.02. The molecule has 0 amide bonds. The fourth-order valence-electron chi connectivity index (χ4n) is 3.15. The number of carbonyl (C=O) groups is 1. The molecule has 2 fully saturated rings. The molecular formula is C12H16O3. The highest BCUT2D eigenvalue weighted by Crippen LogP contribution is 2.47. The standard InChI is InChI=1S/C12H16O3/c13-11-5-7-12(15-11)10-4-2-1-3-9(10)6-8-14-12/h1,3,9-10H,2,4-8H2/t9-,10-,12+/m0/s1. The molecule has 0 radical (unpaired) electrons. The first kappa shape index (κ1) is 9.40. The molecule has 0 aromatic carbocycles. The summed E-state index contributed by atoms with van der Waals surface area (Å²) in [6, 6.07) is 0. The Morgan fingerprint density at radius 1 is 1.40 bits per heavy atom. The first-order valence-corrected chi connectivity index (χ1v) is 5.83. The largest absolute Gasteiger partial charge is 0.433 e. The zero-order valence-electron chi connectivity index (χ0n) is 8.78.